The van der Waals surface area contributed by atoms with E-state index in [1.165, 1.54) is 0 Å². The Morgan fingerprint density at radius 3 is 2.48 bits per heavy atom. The van der Waals surface area contributed by atoms with E-state index in [2.05, 4.69) is 14.7 Å². The van der Waals surface area contributed by atoms with Crippen molar-refractivity contribution in [3.05, 3.63) is 84.2 Å². The fourth-order valence-electron chi connectivity index (χ4n) is 2.97. The lowest BCUT2D eigenvalue weighted by molar-refractivity contribution is 0.581. The van der Waals surface area contributed by atoms with Crippen molar-refractivity contribution in [2.75, 3.05) is 0 Å². The zero-order valence-corrected chi connectivity index (χ0v) is 15.6. The number of aromatic amines is 1. The van der Waals surface area contributed by atoms with Crippen LogP contribution >= 0.6 is 0 Å². The van der Waals surface area contributed by atoms with Gasteiger partial charge in [0.05, 0.1) is 4.90 Å². The summed E-state index contributed by atoms with van der Waals surface area (Å²) in [6.07, 6.45) is 3.61. The lowest BCUT2D eigenvalue weighted by atomic mass is 10.1. The van der Waals surface area contributed by atoms with Gasteiger partial charge in [0.25, 0.3) is 0 Å². The molecule has 0 bridgehead atoms. The van der Waals surface area contributed by atoms with Gasteiger partial charge in [0.15, 0.2) is 0 Å². The number of pyridine rings is 1. The van der Waals surface area contributed by atoms with Crippen molar-refractivity contribution in [3.63, 3.8) is 0 Å². The van der Waals surface area contributed by atoms with E-state index in [0.717, 1.165) is 33.3 Å². The summed E-state index contributed by atoms with van der Waals surface area (Å²) >= 11 is 0. The highest BCUT2D eigenvalue weighted by Gasteiger charge is 2.15. The SMILES string of the molecule is Cc1ccc(S(=O)(=O)NCc2c[nH]c3ncc(-c4ccccc4)cc23)cc1. The van der Waals surface area contributed by atoms with Crippen LogP contribution in [0, 0.1) is 6.92 Å². The molecule has 5 nitrogen and oxygen atoms in total. The molecule has 6 heteroatoms. The van der Waals surface area contributed by atoms with Gasteiger partial charge in [-0.3, -0.25) is 0 Å². The number of sulfonamides is 1. The maximum Gasteiger partial charge on any atom is 0.240 e. The first-order chi connectivity index (χ1) is 13.0. The Morgan fingerprint density at radius 1 is 1.00 bits per heavy atom. The third kappa shape index (κ3) is 3.63. The number of rotatable bonds is 5. The molecule has 2 aromatic heterocycles. The first kappa shape index (κ1) is 17.5. The number of nitrogens with one attached hydrogen (secondary N) is 2. The van der Waals surface area contributed by atoms with E-state index in [-0.39, 0.29) is 11.4 Å². The van der Waals surface area contributed by atoms with Crippen LogP contribution in [0.25, 0.3) is 22.2 Å². The Bertz CT molecular complexity index is 1180. The lowest BCUT2D eigenvalue weighted by Crippen LogP contribution is -2.23. The molecule has 0 amide bonds. The smallest absolute Gasteiger partial charge is 0.240 e. The summed E-state index contributed by atoms with van der Waals surface area (Å²) in [6.45, 7) is 2.11. The monoisotopic (exact) mass is 377 g/mol. The number of aromatic nitrogens is 2. The number of fused-ring (bicyclic) bond motifs is 1. The largest absolute Gasteiger partial charge is 0.346 e. The van der Waals surface area contributed by atoms with Crippen molar-refractivity contribution >= 4 is 21.1 Å². The lowest BCUT2D eigenvalue weighted by Gasteiger charge is -2.07. The first-order valence-corrected chi connectivity index (χ1v) is 10.1. The number of H-pyrrole nitrogens is 1. The maximum absolute atomic E-state index is 12.5. The van der Waals surface area contributed by atoms with Gasteiger partial charge in [-0.15, -0.1) is 0 Å². The maximum atomic E-state index is 12.5. The minimum absolute atomic E-state index is 0.191. The minimum Gasteiger partial charge on any atom is -0.346 e. The fourth-order valence-corrected chi connectivity index (χ4v) is 3.97. The average molecular weight is 377 g/mol. The molecule has 0 aliphatic heterocycles. The van der Waals surface area contributed by atoms with Crippen molar-refractivity contribution in [3.8, 4) is 11.1 Å². The quantitative estimate of drug-likeness (QED) is 0.552. The van der Waals surface area contributed by atoms with E-state index in [0.29, 0.717) is 0 Å². The molecular weight excluding hydrogens is 358 g/mol. The van der Waals surface area contributed by atoms with Crippen LogP contribution in [-0.2, 0) is 16.6 Å². The van der Waals surface area contributed by atoms with Gasteiger partial charge in [0.2, 0.25) is 10.0 Å². The summed E-state index contributed by atoms with van der Waals surface area (Å²) < 4.78 is 27.7. The van der Waals surface area contributed by atoms with E-state index >= 15 is 0 Å². The zero-order valence-electron chi connectivity index (χ0n) is 14.8. The molecular formula is C21H19N3O2S. The zero-order chi connectivity index (χ0) is 18.9. The molecule has 0 aliphatic carbocycles. The molecule has 4 aromatic rings. The highest BCUT2D eigenvalue weighted by atomic mass is 32.2. The summed E-state index contributed by atoms with van der Waals surface area (Å²) in [5.74, 6) is 0. The van der Waals surface area contributed by atoms with Crippen LogP contribution in [0.3, 0.4) is 0 Å². The molecule has 2 N–H and O–H groups in total. The number of benzene rings is 2. The normalized spacial score (nSPS) is 11.7. The van der Waals surface area contributed by atoms with Gasteiger partial charge in [-0.05, 0) is 36.2 Å². The molecule has 0 fully saturated rings. The fraction of sp³-hybridized carbons (Fsp3) is 0.0952. The Morgan fingerprint density at radius 2 is 1.74 bits per heavy atom. The first-order valence-electron chi connectivity index (χ1n) is 8.61. The molecule has 27 heavy (non-hydrogen) atoms. The molecule has 2 aromatic carbocycles. The summed E-state index contributed by atoms with van der Waals surface area (Å²) in [6, 6.07) is 18.8. The molecule has 0 spiro atoms. The number of hydrogen-bond donors (Lipinski definition) is 2. The summed E-state index contributed by atoms with van der Waals surface area (Å²) in [5, 5.41) is 0.906. The van der Waals surface area contributed by atoms with Gasteiger partial charge in [0, 0.05) is 29.9 Å². The number of aryl methyl sites for hydroxylation is 1. The van der Waals surface area contributed by atoms with E-state index in [1.54, 1.807) is 30.5 Å². The van der Waals surface area contributed by atoms with E-state index in [9.17, 15) is 8.42 Å². The Hall–Kier alpha value is -2.96. The van der Waals surface area contributed by atoms with Crippen LogP contribution in [0.15, 0.2) is 78.0 Å². The van der Waals surface area contributed by atoms with Crippen molar-refractivity contribution in [2.45, 2.75) is 18.4 Å². The average Bonchev–Trinajstić information content (AvgIpc) is 3.10. The molecule has 4 rings (SSSR count). The molecule has 0 aliphatic rings. The third-order valence-corrected chi connectivity index (χ3v) is 5.92. The molecule has 136 valence electrons. The third-order valence-electron chi connectivity index (χ3n) is 4.51. The van der Waals surface area contributed by atoms with Gasteiger partial charge in [-0.1, -0.05) is 48.0 Å². The van der Waals surface area contributed by atoms with Crippen LogP contribution in [-0.4, -0.2) is 18.4 Å². The predicted octanol–water partition coefficient (Wildman–Crippen LogP) is 4.02. The summed E-state index contributed by atoms with van der Waals surface area (Å²) in [4.78, 5) is 7.82. The molecule has 2 heterocycles. The van der Waals surface area contributed by atoms with Crippen LogP contribution < -0.4 is 4.72 Å². The van der Waals surface area contributed by atoms with Crippen molar-refractivity contribution in [1.82, 2.24) is 14.7 Å². The van der Waals surface area contributed by atoms with Gasteiger partial charge in [-0.2, -0.15) is 0 Å². The summed E-state index contributed by atoms with van der Waals surface area (Å²) in [7, 11) is -3.57. The Kier molecular flexibility index (Phi) is 4.51. The van der Waals surface area contributed by atoms with Crippen LogP contribution in [0.1, 0.15) is 11.1 Å². The van der Waals surface area contributed by atoms with Crippen molar-refractivity contribution in [1.29, 1.82) is 0 Å². The van der Waals surface area contributed by atoms with Gasteiger partial charge < -0.3 is 4.98 Å². The highest BCUT2D eigenvalue weighted by Crippen LogP contribution is 2.24. The topological polar surface area (TPSA) is 74.8 Å². The molecule has 0 unspecified atom stereocenters. The van der Waals surface area contributed by atoms with E-state index in [4.69, 9.17) is 0 Å². The van der Waals surface area contributed by atoms with Gasteiger partial charge in [0.1, 0.15) is 5.65 Å². The molecule has 0 atom stereocenters. The second kappa shape index (κ2) is 6.98. The highest BCUT2D eigenvalue weighted by molar-refractivity contribution is 7.89. The molecule has 0 radical (unpaired) electrons. The van der Waals surface area contributed by atoms with Crippen LogP contribution in [0.2, 0.25) is 0 Å². The van der Waals surface area contributed by atoms with Crippen molar-refractivity contribution < 1.29 is 8.42 Å². The Labute approximate surface area is 158 Å². The van der Waals surface area contributed by atoms with E-state index < -0.39 is 10.0 Å². The summed E-state index contributed by atoms with van der Waals surface area (Å²) in [5.41, 5.74) is 4.67. The van der Waals surface area contributed by atoms with Gasteiger partial charge in [-0.25, -0.2) is 18.1 Å². The number of hydrogen-bond acceptors (Lipinski definition) is 3. The second-order valence-electron chi connectivity index (χ2n) is 6.44. The molecule has 0 saturated heterocycles. The Balaban J connectivity index is 1.61. The van der Waals surface area contributed by atoms with Crippen LogP contribution in [0.4, 0.5) is 0 Å². The van der Waals surface area contributed by atoms with Gasteiger partial charge >= 0.3 is 0 Å². The van der Waals surface area contributed by atoms with Crippen molar-refractivity contribution in [2.24, 2.45) is 0 Å². The number of nitrogens with zero attached hydrogens (tertiary/aromatic N) is 1. The minimum atomic E-state index is -3.57. The molecule has 0 saturated carbocycles. The van der Waals surface area contributed by atoms with Crippen LogP contribution in [0.5, 0.6) is 0 Å². The standard InChI is InChI=1S/C21H19N3O2S/c1-15-7-9-19(10-8-15)27(25,26)24-14-18-13-23-21-20(18)11-17(12-22-21)16-5-3-2-4-6-16/h2-13,24H,14H2,1H3,(H,22,23). The second-order valence-corrected chi connectivity index (χ2v) is 8.20. The predicted molar refractivity (Wildman–Crippen MR) is 107 cm³/mol. The van der Waals surface area contributed by atoms with E-state index in [1.807, 2.05) is 49.5 Å².